The van der Waals surface area contributed by atoms with Crippen LogP contribution < -0.4 is 5.73 Å². The molecule has 0 heterocycles. The summed E-state index contributed by atoms with van der Waals surface area (Å²) in [5, 5.41) is 0. The third kappa shape index (κ3) is 1.90. The van der Waals surface area contributed by atoms with Crippen LogP contribution in [0, 0.1) is 23.2 Å². The molecule has 0 aromatic carbocycles. The van der Waals surface area contributed by atoms with E-state index in [2.05, 4.69) is 0 Å². The summed E-state index contributed by atoms with van der Waals surface area (Å²) in [6.45, 7) is 0.507. The Labute approximate surface area is 98.0 Å². The Morgan fingerprint density at radius 3 is 2.00 bits per heavy atom. The lowest BCUT2D eigenvalue weighted by Crippen LogP contribution is -2.47. The monoisotopic (exact) mass is 225 g/mol. The molecule has 4 aliphatic rings. The Kier molecular flexibility index (Phi) is 2.73. The van der Waals surface area contributed by atoms with Gasteiger partial charge in [0.05, 0.1) is 0 Å². The molecule has 0 radical (unpaired) electrons. The van der Waals surface area contributed by atoms with Gasteiger partial charge in [-0.1, -0.05) is 0 Å². The summed E-state index contributed by atoms with van der Waals surface area (Å²) < 4.78 is 13.8. The van der Waals surface area contributed by atoms with Gasteiger partial charge in [-0.2, -0.15) is 0 Å². The van der Waals surface area contributed by atoms with Gasteiger partial charge in [0.1, 0.15) is 6.17 Å². The number of nitrogens with two attached hydrogens (primary N) is 1. The molecule has 1 atom stereocenters. The first kappa shape index (κ1) is 11.0. The highest BCUT2D eigenvalue weighted by molar-refractivity contribution is 5.02. The SMILES string of the molecule is NCCC(F)CC12CC3CC(CC(C3)C1)C2. The second-order valence-corrected chi connectivity index (χ2v) is 6.80. The van der Waals surface area contributed by atoms with Gasteiger partial charge < -0.3 is 5.73 Å². The molecular weight excluding hydrogens is 201 g/mol. The minimum absolute atomic E-state index is 0.392. The molecule has 4 aliphatic carbocycles. The maximum Gasteiger partial charge on any atom is 0.102 e. The van der Waals surface area contributed by atoms with Crippen LogP contribution in [0.3, 0.4) is 0 Å². The van der Waals surface area contributed by atoms with Crippen LogP contribution in [0.1, 0.15) is 51.4 Å². The van der Waals surface area contributed by atoms with Gasteiger partial charge in [0, 0.05) is 0 Å². The molecule has 2 heteroatoms. The van der Waals surface area contributed by atoms with Gasteiger partial charge in [0.2, 0.25) is 0 Å². The summed E-state index contributed by atoms with van der Waals surface area (Å²) in [6.07, 6.45) is 9.07. The summed E-state index contributed by atoms with van der Waals surface area (Å²) >= 11 is 0. The van der Waals surface area contributed by atoms with E-state index in [4.69, 9.17) is 5.73 Å². The molecule has 4 saturated carbocycles. The van der Waals surface area contributed by atoms with Crippen molar-refractivity contribution < 1.29 is 4.39 Å². The van der Waals surface area contributed by atoms with Crippen LogP contribution in [0.4, 0.5) is 4.39 Å². The number of hydrogen-bond acceptors (Lipinski definition) is 1. The Morgan fingerprint density at radius 1 is 1.06 bits per heavy atom. The molecule has 1 unspecified atom stereocenters. The van der Waals surface area contributed by atoms with E-state index in [0.717, 1.165) is 24.2 Å². The van der Waals surface area contributed by atoms with E-state index in [0.29, 0.717) is 18.4 Å². The fourth-order valence-corrected chi connectivity index (χ4v) is 5.29. The molecular formula is C14H24FN. The molecule has 0 saturated heterocycles. The van der Waals surface area contributed by atoms with E-state index >= 15 is 0 Å². The van der Waals surface area contributed by atoms with E-state index in [1.54, 1.807) is 0 Å². The average molecular weight is 225 g/mol. The smallest absolute Gasteiger partial charge is 0.102 e. The molecule has 4 rings (SSSR count). The zero-order chi connectivity index (χ0) is 11.2. The van der Waals surface area contributed by atoms with Gasteiger partial charge in [0.25, 0.3) is 0 Å². The van der Waals surface area contributed by atoms with Crippen LogP contribution in [0.2, 0.25) is 0 Å². The van der Waals surface area contributed by atoms with Crippen molar-refractivity contribution in [1.82, 2.24) is 0 Å². The largest absolute Gasteiger partial charge is 0.330 e. The van der Waals surface area contributed by atoms with Crippen molar-refractivity contribution in [3.05, 3.63) is 0 Å². The Bertz CT molecular complexity index is 228. The molecule has 0 spiro atoms. The molecule has 4 bridgehead atoms. The predicted molar refractivity (Wildman–Crippen MR) is 63.8 cm³/mol. The number of alkyl halides is 1. The van der Waals surface area contributed by atoms with Crippen LogP contribution >= 0.6 is 0 Å². The first-order chi connectivity index (χ1) is 7.69. The van der Waals surface area contributed by atoms with E-state index in [9.17, 15) is 4.39 Å². The normalized spacial score (nSPS) is 47.2. The first-order valence-electron chi connectivity index (χ1n) is 7.03. The predicted octanol–water partition coefficient (Wildman–Crippen LogP) is 3.28. The molecule has 0 aromatic heterocycles. The lowest BCUT2D eigenvalue weighted by Gasteiger charge is -2.57. The van der Waals surface area contributed by atoms with E-state index < -0.39 is 6.17 Å². The van der Waals surface area contributed by atoms with Gasteiger partial charge in [-0.15, -0.1) is 0 Å². The van der Waals surface area contributed by atoms with E-state index in [-0.39, 0.29) is 0 Å². The second kappa shape index (κ2) is 3.97. The molecule has 2 N–H and O–H groups in total. The van der Waals surface area contributed by atoms with Crippen molar-refractivity contribution in [1.29, 1.82) is 0 Å². The lowest BCUT2D eigenvalue weighted by molar-refractivity contribution is -0.0680. The van der Waals surface area contributed by atoms with Crippen LogP contribution in [0.5, 0.6) is 0 Å². The maximum atomic E-state index is 13.8. The highest BCUT2D eigenvalue weighted by Crippen LogP contribution is 2.61. The van der Waals surface area contributed by atoms with Crippen molar-refractivity contribution in [2.24, 2.45) is 28.9 Å². The highest BCUT2D eigenvalue weighted by atomic mass is 19.1. The summed E-state index contributed by atoms with van der Waals surface area (Å²) in [5.74, 6) is 2.82. The fourth-order valence-electron chi connectivity index (χ4n) is 5.29. The molecule has 0 aromatic rings. The van der Waals surface area contributed by atoms with Crippen molar-refractivity contribution in [2.45, 2.75) is 57.5 Å². The summed E-state index contributed by atoms with van der Waals surface area (Å²) in [6, 6.07) is 0. The molecule has 0 aliphatic heterocycles. The third-order valence-corrected chi connectivity index (χ3v) is 5.30. The van der Waals surface area contributed by atoms with Gasteiger partial charge in [-0.25, -0.2) is 4.39 Å². The zero-order valence-corrected chi connectivity index (χ0v) is 10.1. The summed E-state index contributed by atoms with van der Waals surface area (Å²) in [7, 11) is 0. The first-order valence-corrected chi connectivity index (χ1v) is 7.03. The Balaban J connectivity index is 1.68. The fraction of sp³-hybridized carbons (Fsp3) is 1.00. The highest BCUT2D eigenvalue weighted by Gasteiger charge is 2.51. The molecule has 16 heavy (non-hydrogen) atoms. The number of rotatable bonds is 4. The Morgan fingerprint density at radius 2 is 1.56 bits per heavy atom. The van der Waals surface area contributed by atoms with Crippen molar-refractivity contribution >= 4 is 0 Å². The van der Waals surface area contributed by atoms with E-state index in [1.165, 1.54) is 38.5 Å². The van der Waals surface area contributed by atoms with Gasteiger partial charge in [0.15, 0.2) is 0 Å². The van der Waals surface area contributed by atoms with Gasteiger partial charge in [-0.3, -0.25) is 0 Å². The number of hydrogen-bond donors (Lipinski definition) is 1. The second-order valence-electron chi connectivity index (χ2n) is 6.80. The third-order valence-electron chi connectivity index (χ3n) is 5.30. The van der Waals surface area contributed by atoms with Crippen LogP contribution in [-0.2, 0) is 0 Å². The molecule has 0 amide bonds. The average Bonchev–Trinajstić information content (AvgIpc) is 2.13. The summed E-state index contributed by atoms with van der Waals surface area (Å²) in [5.41, 5.74) is 5.85. The zero-order valence-electron chi connectivity index (χ0n) is 10.1. The lowest BCUT2D eigenvalue weighted by atomic mass is 9.48. The van der Waals surface area contributed by atoms with Crippen molar-refractivity contribution in [3.8, 4) is 0 Å². The molecule has 4 fully saturated rings. The van der Waals surface area contributed by atoms with E-state index in [1.807, 2.05) is 0 Å². The van der Waals surface area contributed by atoms with Crippen LogP contribution in [0.25, 0.3) is 0 Å². The van der Waals surface area contributed by atoms with Crippen molar-refractivity contribution in [2.75, 3.05) is 6.54 Å². The van der Waals surface area contributed by atoms with Gasteiger partial charge >= 0.3 is 0 Å². The maximum absolute atomic E-state index is 13.8. The summed E-state index contributed by atoms with van der Waals surface area (Å²) in [4.78, 5) is 0. The minimum Gasteiger partial charge on any atom is -0.330 e. The topological polar surface area (TPSA) is 26.0 Å². The minimum atomic E-state index is -0.638. The van der Waals surface area contributed by atoms with Crippen LogP contribution in [0.15, 0.2) is 0 Å². The van der Waals surface area contributed by atoms with Crippen molar-refractivity contribution in [3.63, 3.8) is 0 Å². The quantitative estimate of drug-likeness (QED) is 0.780. The molecule has 1 nitrogen and oxygen atoms in total. The Hall–Kier alpha value is -0.110. The number of halogens is 1. The standard InChI is InChI=1S/C14H24FN/c15-13(1-2-16)9-14-6-10-3-11(7-14)5-12(4-10)8-14/h10-13H,1-9,16H2. The van der Waals surface area contributed by atoms with Gasteiger partial charge in [-0.05, 0) is 81.1 Å². The van der Waals surface area contributed by atoms with Crippen LogP contribution in [-0.4, -0.2) is 12.7 Å². The molecule has 92 valence electrons.